The quantitative estimate of drug-likeness (QED) is 0.512. The van der Waals surface area contributed by atoms with E-state index in [1.165, 1.54) is 11.6 Å². The van der Waals surface area contributed by atoms with Gasteiger partial charge in [0.15, 0.2) is 0 Å². The molecule has 2 N–H and O–H groups in total. The zero-order chi connectivity index (χ0) is 21.7. The van der Waals surface area contributed by atoms with Crippen LogP contribution in [0.25, 0.3) is 0 Å². The first kappa shape index (κ1) is 21.8. The van der Waals surface area contributed by atoms with E-state index in [4.69, 9.17) is 4.74 Å². The molecule has 3 rings (SSSR count). The van der Waals surface area contributed by atoms with Crippen LogP contribution in [0.15, 0.2) is 42.5 Å². The van der Waals surface area contributed by atoms with Crippen molar-refractivity contribution in [3.8, 4) is 0 Å². The Bertz CT molecular complexity index is 896. The van der Waals surface area contributed by atoms with Gasteiger partial charge in [0.2, 0.25) is 0 Å². The molecule has 1 fully saturated rings. The fourth-order valence-corrected chi connectivity index (χ4v) is 3.74. The summed E-state index contributed by atoms with van der Waals surface area (Å²) in [6.07, 6.45) is 1.90. The number of nitro benzene ring substituents is 1. The van der Waals surface area contributed by atoms with E-state index in [1.54, 1.807) is 12.1 Å². The van der Waals surface area contributed by atoms with Gasteiger partial charge in [-0.15, -0.1) is 0 Å². The van der Waals surface area contributed by atoms with E-state index < -0.39 is 4.92 Å². The minimum atomic E-state index is -0.455. The number of ether oxygens (including phenoxy) is 1. The number of rotatable bonds is 7. The molecular weight excluding hydrogens is 382 g/mol. The maximum atomic E-state index is 12.2. The maximum absolute atomic E-state index is 12.2. The van der Waals surface area contributed by atoms with E-state index >= 15 is 0 Å². The Morgan fingerprint density at radius 3 is 2.63 bits per heavy atom. The number of hydrogen-bond acceptors (Lipinski definition) is 5. The molecule has 2 unspecified atom stereocenters. The van der Waals surface area contributed by atoms with Crippen LogP contribution in [0, 0.1) is 23.0 Å². The van der Waals surface area contributed by atoms with Crippen LogP contribution < -0.4 is 10.6 Å². The summed E-state index contributed by atoms with van der Waals surface area (Å²) in [6, 6.07) is 12.8. The number of nitro groups is 1. The molecule has 1 heterocycles. The van der Waals surface area contributed by atoms with Crippen LogP contribution in [0.5, 0.6) is 0 Å². The summed E-state index contributed by atoms with van der Waals surface area (Å²) in [7, 11) is 0. The van der Waals surface area contributed by atoms with E-state index in [9.17, 15) is 14.9 Å². The monoisotopic (exact) mass is 411 g/mol. The molecule has 7 nitrogen and oxygen atoms in total. The third kappa shape index (κ3) is 5.36. The first-order valence-corrected chi connectivity index (χ1v) is 10.4. The lowest BCUT2D eigenvalue weighted by molar-refractivity contribution is -0.384. The van der Waals surface area contributed by atoms with Gasteiger partial charge < -0.3 is 15.4 Å². The molecule has 2 aromatic rings. The van der Waals surface area contributed by atoms with Gasteiger partial charge in [-0.1, -0.05) is 29.8 Å². The lowest BCUT2D eigenvalue weighted by atomic mass is 9.89. The van der Waals surface area contributed by atoms with Crippen LogP contribution in [-0.2, 0) is 4.74 Å². The summed E-state index contributed by atoms with van der Waals surface area (Å²) in [4.78, 5) is 23.3. The van der Waals surface area contributed by atoms with E-state index in [1.807, 2.05) is 13.8 Å². The summed E-state index contributed by atoms with van der Waals surface area (Å²) >= 11 is 0. The topological polar surface area (TPSA) is 93.5 Å². The molecule has 160 valence electrons. The minimum absolute atomic E-state index is 0.0398. The Morgan fingerprint density at radius 2 is 1.97 bits per heavy atom. The molecule has 2 atom stereocenters. The van der Waals surface area contributed by atoms with Gasteiger partial charge in [0.1, 0.15) is 5.69 Å². The van der Waals surface area contributed by atoms with Crippen molar-refractivity contribution in [1.82, 2.24) is 5.32 Å². The number of benzene rings is 2. The fraction of sp³-hybridized carbons (Fsp3) is 0.435. The molecule has 1 aliphatic heterocycles. The number of anilines is 1. The number of carbonyl (C=O) groups excluding carboxylic acids is 1. The lowest BCUT2D eigenvalue weighted by Crippen LogP contribution is -2.30. The van der Waals surface area contributed by atoms with E-state index in [-0.39, 0.29) is 35.2 Å². The molecule has 7 heteroatoms. The Labute approximate surface area is 177 Å². The minimum Gasteiger partial charge on any atom is -0.379 e. The molecule has 0 aromatic heterocycles. The van der Waals surface area contributed by atoms with Gasteiger partial charge in [-0.25, -0.2) is 0 Å². The summed E-state index contributed by atoms with van der Waals surface area (Å²) in [5, 5.41) is 17.6. The third-order valence-electron chi connectivity index (χ3n) is 5.28. The number of amides is 1. The smallest absolute Gasteiger partial charge is 0.293 e. The van der Waals surface area contributed by atoms with Crippen molar-refractivity contribution in [2.75, 3.05) is 18.5 Å². The van der Waals surface area contributed by atoms with Gasteiger partial charge >= 0.3 is 0 Å². The molecule has 30 heavy (non-hydrogen) atoms. The second-order valence-electron chi connectivity index (χ2n) is 8.10. The molecule has 0 bridgehead atoms. The highest BCUT2D eigenvalue weighted by atomic mass is 16.6. The zero-order valence-corrected chi connectivity index (χ0v) is 17.7. The average Bonchev–Trinajstić information content (AvgIpc) is 2.72. The van der Waals surface area contributed by atoms with Crippen LogP contribution in [0.2, 0.25) is 0 Å². The van der Waals surface area contributed by atoms with Crippen molar-refractivity contribution in [3.63, 3.8) is 0 Å². The van der Waals surface area contributed by atoms with Crippen molar-refractivity contribution >= 4 is 17.3 Å². The fourth-order valence-electron chi connectivity index (χ4n) is 3.74. The van der Waals surface area contributed by atoms with Crippen LogP contribution in [0.3, 0.4) is 0 Å². The van der Waals surface area contributed by atoms with Crippen LogP contribution in [0.1, 0.15) is 54.3 Å². The molecule has 0 spiro atoms. The SMILES string of the molecule is Cc1ccc(C2OCCCC2CNc2ccc(C(=O)NC(C)C)cc2[N+](=O)[O-])cc1. The number of carbonyl (C=O) groups is 1. The van der Waals surface area contributed by atoms with Gasteiger partial charge in [-0.05, 0) is 51.3 Å². The third-order valence-corrected chi connectivity index (χ3v) is 5.28. The highest BCUT2D eigenvalue weighted by Gasteiger charge is 2.28. The Hall–Kier alpha value is -2.93. The number of aryl methyl sites for hydroxylation is 1. The van der Waals surface area contributed by atoms with Crippen LogP contribution in [-0.4, -0.2) is 30.0 Å². The summed E-state index contributed by atoms with van der Waals surface area (Å²) in [6.45, 7) is 7.01. The predicted molar refractivity (Wildman–Crippen MR) is 117 cm³/mol. The first-order valence-electron chi connectivity index (χ1n) is 10.4. The largest absolute Gasteiger partial charge is 0.379 e. The number of nitrogens with zero attached hydrogens (tertiary/aromatic N) is 1. The van der Waals surface area contributed by atoms with E-state index in [2.05, 4.69) is 41.8 Å². The average molecular weight is 412 g/mol. The second-order valence-corrected chi connectivity index (χ2v) is 8.10. The molecule has 0 saturated carbocycles. The van der Waals surface area contributed by atoms with Gasteiger partial charge in [-0.3, -0.25) is 14.9 Å². The van der Waals surface area contributed by atoms with Crippen molar-refractivity contribution in [2.24, 2.45) is 5.92 Å². The van der Waals surface area contributed by atoms with Gasteiger partial charge in [0.25, 0.3) is 11.6 Å². The van der Waals surface area contributed by atoms with Gasteiger partial charge in [0.05, 0.1) is 11.0 Å². The highest BCUT2D eigenvalue weighted by Crippen LogP contribution is 2.35. The number of hydrogen-bond donors (Lipinski definition) is 2. The first-order chi connectivity index (χ1) is 14.3. The van der Waals surface area contributed by atoms with Crippen molar-refractivity contribution < 1.29 is 14.5 Å². The van der Waals surface area contributed by atoms with Crippen molar-refractivity contribution in [1.29, 1.82) is 0 Å². The second kappa shape index (κ2) is 9.71. The molecule has 1 saturated heterocycles. The normalized spacial score (nSPS) is 18.8. The summed E-state index contributed by atoms with van der Waals surface area (Å²) in [5.41, 5.74) is 2.91. The van der Waals surface area contributed by atoms with Gasteiger partial charge in [-0.2, -0.15) is 0 Å². The van der Waals surface area contributed by atoms with E-state index in [0.717, 1.165) is 25.0 Å². The molecule has 1 amide bonds. The Kier molecular flexibility index (Phi) is 7.05. The standard InChI is InChI=1S/C23H29N3O4/c1-15(2)25-23(27)18-10-11-20(21(13-18)26(28)29)24-14-19-5-4-12-30-22(19)17-8-6-16(3)7-9-17/h6-11,13,15,19,22,24H,4-5,12,14H2,1-3H3,(H,25,27). The molecule has 2 aromatic carbocycles. The summed E-state index contributed by atoms with van der Waals surface area (Å²) < 4.78 is 6.04. The molecule has 1 aliphatic rings. The van der Waals surface area contributed by atoms with Crippen LogP contribution >= 0.6 is 0 Å². The molecular formula is C23H29N3O4. The summed E-state index contributed by atoms with van der Waals surface area (Å²) in [5.74, 6) is -0.121. The maximum Gasteiger partial charge on any atom is 0.293 e. The molecule has 0 aliphatic carbocycles. The van der Waals surface area contributed by atoms with Gasteiger partial charge in [0, 0.05) is 36.7 Å². The van der Waals surface area contributed by atoms with Crippen molar-refractivity contribution in [2.45, 2.75) is 45.8 Å². The van der Waals surface area contributed by atoms with E-state index in [0.29, 0.717) is 12.2 Å². The highest BCUT2D eigenvalue weighted by molar-refractivity contribution is 5.95. The lowest BCUT2D eigenvalue weighted by Gasteiger charge is -2.32. The number of nitrogens with one attached hydrogen (secondary N) is 2. The molecule has 0 radical (unpaired) electrons. The Balaban J connectivity index is 1.75. The van der Waals surface area contributed by atoms with Crippen molar-refractivity contribution in [3.05, 3.63) is 69.3 Å². The zero-order valence-electron chi connectivity index (χ0n) is 17.7. The Morgan fingerprint density at radius 1 is 1.23 bits per heavy atom. The van der Waals surface area contributed by atoms with Crippen LogP contribution in [0.4, 0.5) is 11.4 Å². The predicted octanol–water partition coefficient (Wildman–Crippen LogP) is 4.62.